The fraction of sp³-hybridized carbons (Fsp3) is 0.250. The number of thiophene rings is 1. The van der Waals surface area contributed by atoms with Crippen LogP contribution < -0.4 is 0 Å². The SMILES string of the molecule is O=C(O)C1Cc2sc3ccc(F)cc3c2C1. The molecule has 0 aliphatic heterocycles. The number of carboxylic acids is 1. The number of benzene rings is 1. The molecule has 1 aliphatic carbocycles. The lowest BCUT2D eigenvalue weighted by Gasteiger charge is -2.01. The van der Waals surface area contributed by atoms with E-state index in [-0.39, 0.29) is 11.7 Å². The van der Waals surface area contributed by atoms with Gasteiger partial charge in [0, 0.05) is 9.58 Å². The van der Waals surface area contributed by atoms with Crippen LogP contribution in [-0.4, -0.2) is 11.1 Å². The zero-order chi connectivity index (χ0) is 11.3. The summed E-state index contributed by atoms with van der Waals surface area (Å²) in [5.74, 6) is -1.34. The molecule has 1 aromatic carbocycles. The Hall–Kier alpha value is -1.42. The van der Waals surface area contributed by atoms with E-state index in [1.165, 1.54) is 12.1 Å². The molecule has 2 nitrogen and oxygen atoms in total. The lowest BCUT2D eigenvalue weighted by Crippen LogP contribution is -2.13. The second kappa shape index (κ2) is 3.28. The van der Waals surface area contributed by atoms with Crippen LogP contribution in [0.15, 0.2) is 18.2 Å². The van der Waals surface area contributed by atoms with E-state index < -0.39 is 5.97 Å². The molecule has 0 saturated carbocycles. The molecule has 1 N–H and O–H groups in total. The van der Waals surface area contributed by atoms with E-state index in [0.717, 1.165) is 20.5 Å². The highest BCUT2D eigenvalue weighted by atomic mass is 32.1. The fourth-order valence-electron chi connectivity index (χ4n) is 2.28. The third-order valence-corrected chi connectivity index (χ3v) is 4.30. The molecule has 0 fully saturated rings. The summed E-state index contributed by atoms with van der Waals surface area (Å²) in [6.45, 7) is 0. The average Bonchev–Trinajstić information content (AvgIpc) is 2.75. The fourth-order valence-corrected chi connectivity index (χ4v) is 3.57. The standard InChI is InChI=1S/C12H9FO2S/c13-7-1-2-10-9(5-7)8-3-6(12(14)15)4-11(8)16-10/h1-2,5-6H,3-4H2,(H,14,15). The van der Waals surface area contributed by atoms with Crippen molar-refractivity contribution in [2.24, 2.45) is 5.92 Å². The van der Waals surface area contributed by atoms with Crippen molar-refractivity contribution in [3.8, 4) is 0 Å². The minimum absolute atomic E-state index is 0.258. The van der Waals surface area contributed by atoms with E-state index in [1.807, 2.05) is 0 Å². The molecule has 1 aliphatic rings. The predicted octanol–water partition coefficient (Wildman–Crippen LogP) is 2.84. The Morgan fingerprint density at radius 1 is 1.44 bits per heavy atom. The maximum atomic E-state index is 13.1. The van der Waals surface area contributed by atoms with E-state index in [4.69, 9.17) is 5.11 Å². The molecule has 0 bridgehead atoms. The monoisotopic (exact) mass is 236 g/mol. The molecule has 3 rings (SSSR count). The van der Waals surface area contributed by atoms with Crippen LogP contribution >= 0.6 is 11.3 Å². The van der Waals surface area contributed by atoms with Gasteiger partial charge >= 0.3 is 5.97 Å². The van der Waals surface area contributed by atoms with E-state index in [1.54, 1.807) is 17.4 Å². The van der Waals surface area contributed by atoms with E-state index in [0.29, 0.717) is 12.8 Å². The van der Waals surface area contributed by atoms with Crippen molar-refractivity contribution in [3.05, 3.63) is 34.5 Å². The van der Waals surface area contributed by atoms with Gasteiger partial charge < -0.3 is 5.11 Å². The molecule has 0 saturated heterocycles. The third kappa shape index (κ3) is 1.33. The second-order valence-electron chi connectivity index (χ2n) is 4.09. The average molecular weight is 236 g/mol. The number of aliphatic carboxylic acids is 1. The number of halogens is 1. The summed E-state index contributed by atoms with van der Waals surface area (Å²) in [6.07, 6.45) is 1.12. The van der Waals surface area contributed by atoms with Crippen molar-refractivity contribution < 1.29 is 14.3 Å². The Balaban J connectivity index is 2.13. The lowest BCUT2D eigenvalue weighted by molar-refractivity contribution is -0.141. The summed E-state index contributed by atoms with van der Waals surface area (Å²) in [5, 5.41) is 9.85. The number of rotatable bonds is 1. The molecule has 4 heteroatoms. The maximum absolute atomic E-state index is 13.1. The maximum Gasteiger partial charge on any atom is 0.307 e. The van der Waals surface area contributed by atoms with Crippen LogP contribution in [0.1, 0.15) is 10.4 Å². The number of fused-ring (bicyclic) bond motifs is 3. The van der Waals surface area contributed by atoms with E-state index >= 15 is 0 Å². The molecule has 1 heterocycles. The molecule has 1 unspecified atom stereocenters. The first kappa shape index (κ1) is 9.78. The summed E-state index contributed by atoms with van der Waals surface area (Å²) >= 11 is 1.59. The van der Waals surface area contributed by atoms with Gasteiger partial charge in [0.2, 0.25) is 0 Å². The van der Waals surface area contributed by atoms with E-state index in [9.17, 15) is 9.18 Å². The van der Waals surface area contributed by atoms with Gasteiger partial charge in [-0.1, -0.05) is 0 Å². The Morgan fingerprint density at radius 3 is 3.00 bits per heavy atom. The minimum Gasteiger partial charge on any atom is -0.481 e. The van der Waals surface area contributed by atoms with Crippen LogP contribution in [0.25, 0.3) is 10.1 Å². The zero-order valence-electron chi connectivity index (χ0n) is 8.37. The molecule has 82 valence electrons. The van der Waals surface area contributed by atoms with Gasteiger partial charge in [-0.2, -0.15) is 0 Å². The Labute approximate surface area is 95.3 Å². The highest BCUT2D eigenvalue weighted by Crippen LogP contribution is 2.39. The Morgan fingerprint density at radius 2 is 2.25 bits per heavy atom. The van der Waals surface area contributed by atoms with Crippen LogP contribution in [0.2, 0.25) is 0 Å². The Bertz CT molecular complexity index is 588. The first-order valence-electron chi connectivity index (χ1n) is 5.08. The van der Waals surface area contributed by atoms with Crippen molar-refractivity contribution in [1.29, 1.82) is 0 Å². The first-order chi connectivity index (χ1) is 7.65. The normalized spacial score (nSPS) is 18.9. The smallest absolute Gasteiger partial charge is 0.307 e. The minimum atomic E-state index is -0.757. The summed E-state index contributed by atoms with van der Waals surface area (Å²) in [4.78, 5) is 12.0. The molecule has 0 amide bonds. The van der Waals surface area contributed by atoms with E-state index in [2.05, 4.69) is 0 Å². The number of hydrogen-bond donors (Lipinski definition) is 1. The molecular weight excluding hydrogens is 227 g/mol. The van der Waals surface area contributed by atoms with Crippen LogP contribution in [-0.2, 0) is 17.6 Å². The third-order valence-electron chi connectivity index (χ3n) is 3.07. The molecule has 2 aromatic rings. The van der Waals surface area contributed by atoms with Gasteiger partial charge in [-0.05, 0) is 42.0 Å². The number of carboxylic acid groups (broad SMARTS) is 1. The van der Waals surface area contributed by atoms with Crippen molar-refractivity contribution in [2.45, 2.75) is 12.8 Å². The van der Waals surface area contributed by atoms with Crippen molar-refractivity contribution in [2.75, 3.05) is 0 Å². The van der Waals surface area contributed by atoms with Gasteiger partial charge in [-0.15, -0.1) is 11.3 Å². The molecular formula is C12H9FO2S. The van der Waals surface area contributed by atoms with Gasteiger partial charge in [0.05, 0.1) is 5.92 Å². The van der Waals surface area contributed by atoms with Gasteiger partial charge in [0.15, 0.2) is 0 Å². The van der Waals surface area contributed by atoms with Gasteiger partial charge in [-0.3, -0.25) is 4.79 Å². The summed E-state index contributed by atoms with van der Waals surface area (Å²) in [6, 6.07) is 4.72. The summed E-state index contributed by atoms with van der Waals surface area (Å²) in [7, 11) is 0. The second-order valence-corrected chi connectivity index (χ2v) is 5.22. The first-order valence-corrected chi connectivity index (χ1v) is 5.89. The number of hydrogen-bond acceptors (Lipinski definition) is 2. The van der Waals surface area contributed by atoms with Crippen LogP contribution in [0.4, 0.5) is 4.39 Å². The van der Waals surface area contributed by atoms with Gasteiger partial charge in [0.25, 0.3) is 0 Å². The van der Waals surface area contributed by atoms with Crippen molar-refractivity contribution in [3.63, 3.8) is 0 Å². The van der Waals surface area contributed by atoms with Crippen molar-refractivity contribution >= 4 is 27.4 Å². The molecule has 1 aromatic heterocycles. The van der Waals surface area contributed by atoms with Gasteiger partial charge in [-0.25, -0.2) is 4.39 Å². The van der Waals surface area contributed by atoms with Crippen molar-refractivity contribution in [1.82, 2.24) is 0 Å². The van der Waals surface area contributed by atoms with Gasteiger partial charge in [0.1, 0.15) is 5.82 Å². The summed E-state index contributed by atoms with van der Waals surface area (Å²) in [5.41, 5.74) is 1.03. The van der Waals surface area contributed by atoms with Crippen LogP contribution in [0.3, 0.4) is 0 Å². The molecule has 0 spiro atoms. The quantitative estimate of drug-likeness (QED) is 0.826. The van der Waals surface area contributed by atoms with Crippen LogP contribution in [0, 0.1) is 11.7 Å². The molecule has 1 atom stereocenters. The molecule has 0 radical (unpaired) electrons. The molecule has 16 heavy (non-hydrogen) atoms. The highest BCUT2D eigenvalue weighted by Gasteiger charge is 2.30. The topological polar surface area (TPSA) is 37.3 Å². The zero-order valence-corrected chi connectivity index (χ0v) is 9.18. The Kier molecular flexibility index (Phi) is 2.01. The highest BCUT2D eigenvalue weighted by molar-refractivity contribution is 7.19. The predicted molar refractivity (Wildman–Crippen MR) is 60.3 cm³/mol. The lowest BCUT2D eigenvalue weighted by atomic mass is 10.1. The van der Waals surface area contributed by atoms with Crippen LogP contribution in [0.5, 0.6) is 0 Å². The summed E-state index contributed by atoms with van der Waals surface area (Å²) < 4.78 is 14.2. The number of carbonyl (C=O) groups is 1. The largest absolute Gasteiger partial charge is 0.481 e.